The highest BCUT2D eigenvalue weighted by molar-refractivity contribution is 5.76. The number of hydrogen-bond donors (Lipinski definition) is 1. The van der Waals surface area contributed by atoms with E-state index in [1.165, 1.54) is 0 Å². The lowest BCUT2D eigenvalue weighted by Gasteiger charge is -2.33. The number of carbonyl (C=O) groups excluding carboxylic acids is 3. The molecule has 2 fully saturated rings. The Hall–Kier alpha value is -1.83. The van der Waals surface area contributed by atoms with Crippen LogP contribution >= 0.6 is 0 Å². The Labute approximate surface area is 143 Å². The van der Waals surface area contributed by atoms with Gasteiger partial charge in [0, 0.05) is 58.3 Å². The van der Waals surface area contributed by atoms with Crippen LogP contribution < -0.4 is 5.32 Å². The van der Waals surface area contributed by atoms with Gasteiger partial charge >= 0.3 is 6.09 Å². The normalized spacial score (nSPS) is 19.3. The maximum atomic E-state index is 12.2. The molecule has 2 heterocycles. The fourth-order valence-corrected chi connectivity index (χ4v) is 3.10. The lowest BCUT2D eigenvalue weighted by atomic mass is 10.1. The third-order valence-corrected chi connectivity index (χ3v) is 4.61. The molecule has 0 aliphatic carbocycles. The highest BCUT2D eigenvalue weighted by Gasteiger charge is 2.24. The predicted octanol–water partition coefficient (Wildman–Crippen LogP) is -0.112. The summed E-state index contributed by atoms with van der Waals surface area (Å²) in [6.07, 6.45) is 2.84. The van der Waals surface area contributed by atoms with Crippen molar-refractivity contribution in [3.05, 3.63) is 0 Å². The summed E-state index contributed by atoms with van der Waals surface area (Å²) in [5.41, 5.74) is 0. The van der Waals surface area contributed by atoms with E-state index in [0.29, 0.717) is 64.9 Å². The Balaban J connectivity index is 1.59. The van der Waals surface area contributed by atoms with Crippen molar-refractivity contribution in [3.8, 4) is 0 Å². The monoisotopic (exact) mass is 340 g/mol. The molecule has 2 aliphatic heterocycles. The molecule has 1 N–H and O–H groups in total. The zero-order chi connectivity index (χ0) is 17.4. The average molecular weight is 340 g/mol. The van der Waals surface area contributed by atoms with E-state index in [-0.39, 0.29) is 12.0 Å². The number of ether oxygens (including phenoxy) is 1. The number of amides is 3. The Morgan fingerprint density at radius 2 is 1.75 bits per heavy atom. The molecule has 24 heavy (non-hydrogen) atoms. The van der Waals surface area contributed by atoms with Gasteiger partial charge in [0.2, 0.25) is 12.3 Å². The molecule has 8 heteroatoms. The number of likely N-dealkylation sites (tertiary alicyclic amines) is 1. The molecule has 0 aromatic heterocycles. The molecule has 0 bridgehead atoms. The first-order chi connectivity index (χ1) is 11.6. The van der Waals surface area contributed by atoms with E-state index >= 15 is 0 Å². The standard InChI is InChI=1S/C16H28N4O4/c1-2-24-16(23)20-7-4-14(5-8-20)17-6-3-15(22)19-11-9-18(13-21)10-12-19/h13-14,17H,2-12H2,1H3. The summed E-state index contributed by atoms with van der Waals surface area (Å²) < 4.78 is 5.00. The minimum absolute atomic E-state index is 0.136. The van der Waals surface area contributed by atoms with Crippen molar-refractivity contribution in [3.63, 3.8) is 0 Å². The summed E-state index contributed by atoms with van der Waals surface area (Å²) in [4.78, 5) is 39.7. The van der Waals surface area contributed by atoms with Gasteiger partial charge in [0.1, 0.15) is 0 Å². The van der Waals surface area contributed by atoms with Gasteiger partial charge in [0.15, 0.2) is 0 Å². The van der Waals surface area contributed by atoms with Gasteiger partial charge in [-0.05, 0) is 19.8 Å². The van der Waals surface area contributed by atoms with Crippen LogP contribution in [0.1, 0.15) is 26.2 Å². The van der Waals surface area contributed by atoms with E-state index in [2.05, 4.69) is 5.32 Å². The number of piperazine rings is 1. The molecule has 2 saturated heterocycles. The molecule has 8 nitrogen and oxygen atoms in total. The first-order valence-electron chi connectivity index (χ1n) is 8.76. The zero-order valence-electron chi connectivity index (χ0n) is 14.4. The van der Waals surface area contributed by atoms with Gasteiger partial charge in [0.05, 0.1) is 6.61 Å². The van der Waals surface area contributed by atoms with Crippen LogP contribution in [0.3, 0.4) is 0 Å². The van der Waals surface area contributed by atoms with Gasteiger partial charge in [-0.2, -0.15) is 0 Å². The topological polar surface area (TPSA) is 82.2 Å². The van der Waals surface area contributed by atoms with E-state index in [0.717, 1.165) is 19.3 Å². The Bertz CT molecular complexity index is 430. The Morgan fingerprint density at radius 3 is 2.33 bits per heavy atom. The average Bonchev–Trinajstić information content (AvgIpc) is 2.62. The van der Waals surface area contributed by atoms with Gasteiger partial charge in [-0.3, -0.25) is 9.59 Å². The second kappa shape index (κ2) is 9.46. The molecular formula is C16H28N4O4. The number of nitrogens with zero attached hydrogens (tertiary/aromatic N) is 3. The van der Waals surface area contributed by atoms with Crippen molar-refractivity contribution in [1.29, 1.82) is 0 Å². The van der Waals surface area contributed by atoms with Crippen LogP contribution in [0.5, 0.6) is 0 Å². The first kappa shape index (κ1) is 18.5. The number of carbonyl (C=O) groups is 3. The lowest BCUT2D eigenvalue weighted by molar-refractivity contribution is -0.135. The minimum Gasteiger partial charge on any atom is -0.450 e. The SMILES string of the molecule is CCOC(=O)N1CCC(NCCC(=O)N2CCN(C=O)CC2)CC1. The number of piperidine rings is 1. The van der Waals surface area contributed by atoms with Gasteiger partial charge in [-0.1, -0.05) is 0 Å². The molecule has 2 rings (SSSR count). The van der Waals surface area contributed by atoms with Crippen molar-refractivity contribution in [2.45, 2.75) is 32.2 Å². The molecule has 2 aliphatic rings. The van der Waals surface area contributed by atoms with Gasteiger partial charge in [-0.25, -0.2) is 4.79 Å². The Kier molecular flexibility index (Phi) is 7.30. The lowest BCUT2D eigenvalue weighted by Crippen LogP contribution is -2.49. The molecule has 136 valence electrons. The van der Waals surface area contributed by atoms with Gasteiger partial charge < -0.3 is 24.8 Å². The van der Waals surface area contributed by atoms with Crippen LogP contribution in [0.2, 0.25) is 0 Å². The summed E-state index contributed by atoms with van der Waals surface area (Å²) in [6.45, 7) is 6.73. The van der Waals surface area contributed by atoms with Crippen molar-refractivity contribution >= 4 is 18.4 Å². The number of hydrogen-bond acceptors (Lipinski definition) is 5. The van der Waals surface area contributed by atoms with Crippen LogP contribution in [0.25, 0.3) is 0 Å². The third kappa shape index (κ3) is 5.36. The Morgan fingerprint density at radius 1 is 1.08 bits per heavy atom. The smallest absolute Gasteiger partial charge is 0.409 e. The fourth-order valence-electron chi connectivity index (χ4n) is 3.10. The van der Waals surface area contributed by atoms with Crippen molar-refractivity contribution < 1.29 is 19.1 Å². The quantitative estimate of drug-likeness (QED) is 0.682. The molecule has 0 saturated carbocycles. The summed E-state index contributed by atoms with van der Waals surface area (Å²) in [5, 5.41) is 3.41. The predicted molar refractivity (Wildman–Crippen MR) is 88.5 cm³/mol. The van der Waals surface area contributed by atoms with Gasteiger partial charge in [-0.15, -0.1) is 0 Å². The molecular weight excluding hydrogens is 312 g/mol. The van der Waals surface area contributed by atoms with Crippen LogP contribution in [0, 0.1) is 0 Å². The summed E-state index contributed by atoms with van der Waals surface area (Å²) in [5.74, 6) is 0.136. The summed E-state index contributed by atoms with van der Waals surface area (Å²) in [6, 6.07) is 0.343. The van der Waals surface area contributed by atoms with Crippen molar-refractivity contribution in [1.82, 2.24) is 20.0 Å². The molecule has 0 aromatic rings. The molecule has 0 unspecified atom stereocenters. The minimum atomic E-state index is -0.236. The number of rotatable bonds is 6. The van der Waals surface area contributed by atoms with E-state index in [1.807, 2.05) is 11.8 Å². The van der Waals surface area contributed by atoms with Crippen molar-refractivity contribution in [2.24, 2.45) is 0 Å². The van der Waals surface area contributed by atoms with E-state index in [1.54, 1.807) is 9.80 Å². The largest absolute Gasteiger partial charge is 0.450 e. The first-order valence-corrected chi connectivity index (χ1v) is 8.76. The number of nitrogens with one attached hydrogen (secondary N) is 1. The molecule has 0 aromatic carbocycles. The van der Waals surface area contributed by atoms with Gasteiger partial charge in [0.25, 0.3) is 0 Å². The highest BCUT2D eigenvalue weighted by Crippen LogP contribution is 2.11. The molecule has 0 radical (unpaired) electrons. The third-order valence-electron chi connectivity index (χ3n) is 4.61. The highest BCUT2D eigenvalue weighted by atomic mass is 16.6. The van der Waals surface area contributed by atoms with Crippen LogP contribution in [0.15, 0.2) is 0 Å². The summed E-state index contributed by atoms with van der Waals surface area (Å²) >= 11 is 0. The van der Waals surface area contributed by atoms with E-state index in [4.69, 9.17) is 4.74 Å². The van der Waals surface area contributed by atoms with Crippen LogP contribution in [-0.4, -0.2) is 91.6 Å². The van der Waals surface area contributed by atoms with Crippen molar-refractivity contribution in [2.75, 3.05) is 52.4 Å². The molecule has 3 amide bonds. The van der Waals surface area contributed by atoms with Crippen LogP contribution in [0.4, 0.5) is 4.79 Å². The maximum Gasteiger partial charge on any atom is 0.409 e. The van der Waals surface area contributed by atoms with Crippen LogP contribution in [-0.2, 0) is 14.3 Å². The molecule has 0 spiro atoms. The second-order valence-electron chi connectivity index (χ2n) is 6.19. The van der Waals surface area contributed by atoms with E-state index in [9.17, 15) is 14.4 Å². The summed E-state index contributed by atoms with van der Waals surface area (Å²) in [7, 11) is 0. The van der Waals surface area contributed by atoms with E-state index < -0.39 is 0 Å². The second-order valence-corrected chi connectivity index (χ2v) is 6.19. The molecule has 0 atom stereocenters. The zero-order valence-corrected chi connectivity index (χ0v) is 14.4. The fraction of sp³-hybridized carbons (Fsp3) is 0.812. The maximum absolute atomic E-state index is 12.2.